The first kappa shape index (κ1) is 19.1. The van der Waals surface area contributed by atoms with E-state index in [2.05, 4.69) is 14.7 Å². The molecule has 0 aliphatic carbocycles. The van der Waals surface area contributed by atoms with Gasteiger partial charge in [-0.2, -0.15) is 0 Å². The highest BCUT2D eigenvalue weighted by Crippen LogP contribution is 2.32. The minimum Gasteiger partial charge on any atom is -0.328 e. The first-order valence-corrected chi connectivity index (χ1v) is 10.7. The first-order valence-electron chi connectivity index (χ1n) is 8.76. The lowest BCUT2D eigenvalue weighted by molar-refractivity contribution is 0.0730. The van der Waals surface area contributed by atoms with Crippen LogP contribution in [0, 0.1) is 0 Å². The van der Waals surface area contributed by atoms with E-state index < -0.39 is 10.0 Å². The van der Waals surface area contributed by atoms with Crippen molar-refractivity contribution in [2.24, 2.45) is 0 Å². The number of rotatable bonds is 5. The summed E-state index contributed by atoms with van der Waals surface area (Å²) in [7, 11) is -3.52. The van der Waals surface area contributed by atoms with Crippen LogP contribution < -0.4 is 10.3 Å². The van der Waals surface area contributed by atoms with Gasteiger partial charge in [-0.25, -0.2) is 13.4 Å². The van der Waals surface area contributed by atoms with Crippen molar-refractivity contribution in [1.82, 2.24) is 14.9 Å². The average molecular weight is 390 g/mol. The number of benzene rings is 1. The molecular formula is C18H22N4O4S. The fraction of sp³-hybridized carbons (Fsp3) is 0.389. The zero-order valence-electron chi connectivity index (χ0n) is 15.2. The van der Waals surface area contributed by atoms with Gasteiger partial charge in [0.15, 0.2) is 0 Å². The average Bonchev–Trinajstić information content (AvgIpc) is 3.09. The molecule has 1 aliphatic heterocycles. The van der Waals surface area contributed by atoms with Crippen LogP contribution in [-0.2, 0) is 16.4 Å². The lowest BCUT2D eigenvalue weighted by Crippen LogP contribution is -2.33. The molecular weight excluding hydrogens is 368 g/mol. The number of hydrogen-bond acceptors (Lipinski definition) is 5. The number of likely N-dealkylation sites (tertiary alicyclic amines) is 1. The summed E-state index contributed by atoms with van der Waals surface area (Å²) >= 11 is 0. The van der Waals surface area contributed by atoms with Crippen molar-refractivity contribution in [3.05, 3.63) is 57.8 Å². The summed E-state index contributed by atoms with van der Waals surface area (Å²) < 4.78 is 25.6. The number of aromatic nitrogens is 2. The summed E-state index contributed by atoms with van der Waals surface area (Å²) in [5, 5.41) is 0. The van der Waals surface area contributed by atoms with Crippen LogP contribution in [0.15, 0.2) is 35.1 Å². The highest BCUT2D eigenvalue weighted by molar-refractivity contribution is 7.92. The van der Waals surface area contributed by atoms with Crippen molar-refractivity contribution in [1.29, 1.82) is 0 Å². The van der Waals surface area contributed by atoms with Gasteiger partial charge in [-0.3, -0.25) is 14.3 Å². The molecule has 2 aromatic rings. The Balaban J connectivity index is 1.96. The van der Waals surface area contributed by atoms with Crippen LogP contribution in [0.5, 0.6) is 0 Å². The molecule has 1 unspecified atom stereocenters. The number of sulfonamides is 1. The van der Waals surface area contributed by atoms with Gasteiger partial charge in [0.2, 0.25) is 10.0 Å². The lowest BCUT2D eigenvalue weighted by Gasteiger charge is -2.25. The van der Waals surface area contributed by atoms with Crippen molar-refractivity contribution >= 4 is 21.6 Å². The van der Waals surface area contributed by atoms with Crippen LogP contribution in [0.4, 0.5) is 5.69 Å². The first-order chi connectivity index (χ1) is 12.8. The number of anilines is 1. The van der Waals surface area contributed by atoms with Crippen LogP contribution in [-0.4, -0.2) is 42.0 Å². The maximum absolute atomic E-state index is 13.1. The minimum absolute atomic E-state index is 0.236. The van der Waals surface area contributed by atoms with Gasteiger partial charge < -0.3 is 9.88 Å². The minimum atomic E-state index is -3.52. The largest absolute Gasteiger partial charge is 0.328 e. The zero-order chi connectivity index (χ0) is 19.6. The number of nitrogens with one attached hydrogen (secondary N) is 2. The topological polar surface area (TPSA) is 112 Å². The Kier molecular flexibility index (Phi) is 5.31. The quantitative estimate of drug-likeness (QED) is 0.807. The van der Waals surface area contributed by atoms with Crippen molar-refractivity contribution in [2.75, 3.05) is 17.5 Å². The van der Waals surface area contributed by atoms with Gasteiger partial charge in [-0.15, -0.1) is 0 Å². The Morgan fingerprint density at radius 2 is 2.11 bits per heavy atom. The molecule has 1 atom stereocenters. The number of hydrogen-bond donors (Lipinski definition) is 2. The number of H-pyrrole nitrogens is 1. The molecule has 9 heteroatoms. The Morgan fingerprint density at radius 1 is 1.37 bits per heavy atom. The molecule has 8 nitrogen and oxygen atoms in total. The second kappa shape index (κ2) is 7.51. The highest BCUT2D eigenvalue weighted by atomic mass is 32.2. The molecule has 1 aromatic carbocycles. The lowest BCUT2D eigenvalue weighted by atomic mass is 10.1. The number of aromatic amines is 1. The third kappa shape index (κ3) is 4.36. The van der Waals surface area contributed by atoms with E-state index in [0.717, 1.165) is 12.7 Å². The smallest absolute Gasteiger partial charge is 0.256 e. The molecule has 2 N–H and O–H groups in total. The Labute approximate surface area is 157 Å². The molecule has 1 fully saturated rings. The fourth-order valence-electron chi connectivity index (χ4n) is 3.27. The van der Waals surface area contributed by atoms with Crippen LogP contribution in [0.3, 0.4) is 0 Å². The summed E-state index contributed by atoms with van der Waals surface area (Å²) in [6, 6.07) is 7.60. The van der Waals surface area contributed by atoms with Gasteiger partial charge in [-0.05, 0) is 31.4 Å². The Hall–Kier alpha value is -2.68. The van der Waals surface area contributed by atoms with E-state index in [9.17, 15) is 18.0 Å². The van der Waals surface area contributed by atoms with Gasteiger partial charge in [0, 0.05) is 18.3 Å². The summed E-state index contributed by atoms with van der Waals surface area (Å²) in [6.45, 7) is 2.42. The maximum Gasteiger partial charge on any atom is 0.256 e. The van der Waals surface area contributed by atoms with Gasteiger partial charge in [0.25, 0.3) is 11.5 Å². The zero-order valence-corrected chi connectivity index (χ0v) is 16.0. The Bertz CT molecular complexity index is 1020. The molecule has 27 heavy (non-hydrogen) atoms. The number of aryl methyl sites for hydroxylation is 1. The molecule has 144 valence electrons. The molecule has 1 amide bonds. The number of nitrogens with zero attached hydrogens (tertiary/aromatic N) is 2. The third-order valence-corrected chi connectivity index (χ3v) is 5.05. The predicted octanol–water partition coefficient (Wildman–Crippen LogP) is 1.68. The molecule has 1 saturated heterocycles. The molecule has 3 rings (SSSR count). The van der Waals surface area contributed by atoms with Crippen LogP contribution in [0.1, 0.15) is 47.7 Å². The molecule has 1 aliphatic rings. The van der Waals surface area contributed by atoms with Crippen LogP contribution in [0.25, 0.3) is 0 Å². The normalized spacial score (nSPS) is 17.1. The number of carbonyl (C=O) groups is 1. The molecule has 0 bridgehead atoms. The maximum atomic E-state index is 13.1. The second-order valence-corrected chi connectivity index (χ2v) is 8.30. The number of amides is 1. The standard InChI is InChI=1S/C18H22N4O4S/c1-3-12-11-16(23)20-17(19-12)15-9-6-10-22(15)18(24)13-7-4-5-8-14(13)21-27(2,25)26/h4-5,7-8,11,15,21H,3,6,9-10H2,1-2H3,(H,19,20,23). The third-order valence-electron chi connectivity index (χ3n) is 4.46. The van der Waals surface area contributed by atoms with Gasteiger partial charge in [0.05, 0.1) is 23.5 Å². The highest BCUT2D eigenvalue weighted by Gasteiger charge is 2.33. The molecule has 1 aromatic heterocycles. The summed E-state index contributed by atoms with van der Waals surface area (Å²) in [4.78, 5) is 33.9. The monoisotopic (exact) mass is 390 g/mol. The summed E-state index contributed by atoms with van der Waals surface area (Å²) in [5.74, 6) is 0.174. The van der Waals surface area contributed by atoms with Crippen LogP contribution in [0.2, 0.25) is 0 Å². The fourth-order valence-corrected chi connectivity index (χ4v) is 3.85. The predicted molar refractivity (Wildman–Crippen MR) is 102 cm³/mol. The van der Waals surface area contributed by atoms with E-state index in [1.54, 1.807) is 29.2 Å². The molecule has 0 radical (unpaired) electrons. The second-order valence-electron chi connectivity index (χ2n) is 6.55. The van der Waals surface area contributed by atoms with E-state index in [0.29, 0.717) is 30.9 Å². The molecule has 0 spiro atoms. The molecule has 0 saturated carbocycles. The van der Waals surface area contributed by atoms with E-state index in [-0.39, 0.29) is 28.8 Å². The van der Waals surface area contributed by atoms with Crippen molar-refractivity contribution in [3.8, 4) is 0 Å². The van der Waals surface area contributed by atoms with Crippen molar-refractivity contribution in [3.63, 3.8) is 0 Å². The Morgan fingerprint density at radius 3 is 2.81 bits per heavy atom. The van der Waals surface area contributed by atoms with E-state index in [4.69, 9.17) is 0 Å². The number of para-hydroxylation sites is 1. The number of carbonyl (C=O) groups excluding carboxylic acids is 1. The summed E-state index contributed by atoms with van der Waals surface area (Å²) in [5.41, 5.74) is 0.936. The van der Waals surface area contributed by atoms with Crippen LogP contribution >= 0.6 is 0 Å². The van der Waals surface area contributed by atoms with Crippen molar-refractivity contribution in [2.45, 2.75) is 32.2 Å². The molecule has 2 heterocycles. The summed E-state index contributed by atoms with van der Waals surface area (Å²) in [6.07, 6.45) is 3.12. The van der Waals surface area contributed by atoms with Gasteiger partial charge in [-0.1, -0.05) is 19.1 Å². The van der Waals surface area contributed by atoms with Crippen molar-refractivity contribution < 1.29 is 13.2 Å². The van der Waals surface area contributed by atoms with E-state index >= 15 is 0 Å². The van der Waals surface area contributed by atoms with E-state index in [1.807, 2.05) is 6.92 Å². The van der Waals surface area contributed by atoms with Gasteiger partial charge >= 0.3 is 0 Å². The van der Waals surface area contributed by atoms with E-state index in [1.165, 1.54) is 6.07 Å². The van der Waals surface area contributed by atoms with Gasteiger partial charge in [0.1, 0.15) is 5.82 Å². The SMILES string of the molecule is CCc1cc(=O)[nH]c(C2CCCN2C(=O)c2ccccc2NS(C)(=O)=O)n1.